The molecule has 17 heavy (non-hydrogen) atoms. The number of hydrogen-bond donors (Lipinski definition) is 2. The zero-order valence-electron chi connectivity index (χ0n) is 11.0. The number of amides is 1. The lowest BCUT2D eigenvalue weighted by Gasteiger charge is -2.13. The van der Waals surface area contributed by atoms with Gasteiger partial charge >= 0.3 is 0 Å². The van der Waals surface area contributed by atoms with Crippen LogP contribution in [0.1, 0.15) is 31.4 Å². The van der Waals surface area contributed by atoms with Gasteiger partial charge in [-0.2, -0.15) is 0 Å². The second-order valence-corrected chi connectivity index (χ2v) is 4.19. The van der Waals surface area contributed by atoms with Gasteiger partial charge in [0.25, 0.3) is 0 Å². The van der Waals surface area contributed by atoms with E-state index in [0.29, 0.717) is 6.54 Å². The minimum atomic E-state index is 0.0300. The van der Waals surface area contributed by atoms with Crippen LogP contribution in [0.25, 0.3) is 0 Å². The number of nitrogens with one attached hydrogen (secondary N) is 2. The van der Waals surface area contributed by atoms with Gasteiger partial charge in [0.15, 0.2) is 0 Å². The topological polar surface area (TPSA) is 41.1 Å². The second kappa shape index (κ2) is 7.07. The fraction of sp³-hybridized carbons (Fsp3) is 0.500. The van der Waals surface area contributed by atoms with Crippen molar-refractivity contribution in [1.29, 1.82) is 0 Å². The standard InChI is InChI=1S/C14H22N2O/c1-4-9-15-10-13(17)16-14-11(3)7-6-8-12(14)5-2/h6-8,15H,4-5,9-10H2,1-3H3,(H,16,17). The smallest absolute Gasteiger partial charge is 0.238 e. The van der Waals surface area contributed by atoms with Crippen LogP contribution in [0.3, 0.4) is 0 Å². The van der Waals surface area contributed by atoms with Crippen molar-refractivity contribution in [1.82, 2.24) is 5.32 Å². The summed E-state index contributed by atoms with van der Waals surface area (Å²) in [7, 11) is 0. The molecule has 1 aromatic rings. The van der Waals surface area contributed by atoms with Crippen LogP contribution in [-0.2, 0) is 11.2 Å². The molecule has 0 heterocycles. The van der Waals surface area contributed by atoms with Crippen molar-refractivity contribution in [3.63, 3.8) is 0 Å². The molecule has 0 aliphatic heterocycles. The highest BCUT2D eigenvalue weighted by Crippen LogP contribution is 2.20. The highest BCUT2D eigenvalue weighted by molar-refractivity contribution is 5.93. The average molecular weight is 234 g/mol. The molecule has 0 saturated carbocycles. The molecule has 1 rings (SSSR count). The monoisotopic (exact) mass is 234 g/mol. The first-order chi connectivity index (χ1) is 8.19. The SMILES string of the molecule is CCCNCC(=O)Nc1c(C)cccc1CC. The first-order valence-electron chi connectivity index (χ1n) is 6.28. The Kier molecular flexibility index (Phi) is 5.70. The summed E-state index contributed by atoms with van der Waals surface area (Å²) >= 11 is 0. The van der Waals surface area contributed by atoms with E-state index in [1.165, 1.54) is 5.56 Å². The van der Waals surface area contributed by atoms with Crippen LogP contribution < -0.4 is 10.6 Å². The van der Waals surface area contributed by atoms with Gasteiger partial charge < -0.3 is 10.6 Å². The third-order valence-electron chi connectivity index (χ3n) is 2.72. The Balaban J connectivity index is 2.64. The molecular formula is C14H22N2O. The zero-order chi connectivity index (χ0) is 12.7. The van der Waals surface area contributed by atoms with Crippen molar-refractivity contribution in [3.05, 3.63) is 29.3 Å². The number of hydrogen-bond acceptors (Lipinski definition) is 2. The lowest BCUT2D eigenvalue weighted by molar-refractivity contribution is -0.115. The fourth-order valence-corrected chi connectivity index (χ4v) is 1.76. The number of carbonyl (C=O) groups is 1. The molecule has 0 saturated heterocycles. The molecule has 0 radical (unpaired) electrons. The third-order valence-corrected chi connectivity index (χ3v) is 2.72. The molecule has 0 aliphatic carbocycles. The maximum Gasteiger partial charge on any atom is 0.238 e. The third kappa shape index (κ3) is 4.19. The largest absolute Gasteiger partial charge is 0.324 e. The Morgan fingerprint density at radius 1 is 1.29 bits per heavy atom. The molecule has 0 bridgehead atoms. The Morgan fingerprint density at radius 3 is 2.71 bits per heavy atom. The van der Waals surface area contributed by atoms with Gasteiger partial charge in [-0.25, -0.2) is 0 Å². The lowest BCUT2D eigenvalue weighted by Crippen LogP contribution is -2.29. The summed E-state index contributed by atoms with van der Waals surface area (Å²) in [5.41, 5.74) is 3.28. The molecule has 0 fully saturated rings. The first-order valence-corrected chi connectivity index (χ1v) is 6.28. The number of carbonyl (C=O) groups excluding carboxylic acids is 1. The molecule has 3 heteroatoms. The van der Waals surface area contributed by atoms with Crippen LogP contribution in [0.2, 0.25) is 0 Å². The Labute approximate surface area is 104 Å². The fourth-order valence-electron chi connectivity index (χ4n) is 1.76. The Bertz CT molecular complexity index is 374. The predicted octanol–water partition coefficient (Wildman–Crippen LogP) is 2.50. The van der Waals surface area contributed by atoms with Crippen LogP contribution >= 0.6 is 0 Å². The second-order valence-electron chi connectivity index (χ2n) is 4.19. The maximum atomic E-state index is 11.7. The van der Waals surface area contributed by atoms with Crippen LogP contribution in [0.15, 0.2) is 18.2 Å². The molecule has 0 aliphatic rings. The van der Waals surface area contributed by atoms with E-state index < -0.39 is 0 Å². The first kappa shape index (κ1) is 13.7. The molecular weight excluding hydrogens is 212 g/mol. The number of para-hydroxylation sites is 1. The van der Waals surface area contributed by atoms with Gasteiger partial charge in [0.05, 0.1) is 6.54 Å². The number of benzene rings is 1. The summed E-state index contributed by atoms with van der Waals surface area (Å²) in [6.45, 7) is 7.46. The number of rotatable bonds is 6. The van der Waals surface area contributed by atoms with Gasteiger partial charge in [0, 0.05) is 5.69 Å². The van der Waals surface area contributed by atoms with Crippen molar-refractivity contribution in [2.24, 2.45) is 0 Å². The summed E-state index contributed by atoms with van der Waals surface area (Å²) in [6.07, 6.45) is 1.97. The molecule has 3 nitrogen and oxygen atoms in total. The Morgan fingerprint density at radius 2 is 2.06 bits per heavy atom. The molecule has 94 valence electrons. The van der Waals surface area contributed by atoms with E-state index in [0.717, 1.165) is 30.6 Å². The van der Waals surface area contributed by atoms with Crippen molar-refractivity contribution < 1.29 is 4.79 Å². The number of anilines is 1. The van der Waals surface area contributed by atoms with Crippen molar-refractivity contribution >= 4 is 11.6 Å². The van der Waals surface area contributed by atoms with E-state index in [1.54, 1.807) is 0 Å². The molecule has 0 spiro atoms. The average Bonchev–Trinajstić information content (AvgIpc) is 2.32. The van der Waals surface area contributed by atoms with Gasteiger partial charge in [0.1, 0.15) is 0 Å². The van der Waals surface area contributed by atoms with E-state index in [2.05, 4.69) is 30.5 Å². The van der Waals surface area contributed by atoms with Crippen LogP contribution in [-0.4, -0.2) is 19.0 Å². The molecule has 2 N–H and O–H groups in total. The van der Waals surface area contributed by atoms with E-state index >= 15 is 0 Å². The molecule has 0 aromatic heterocycles. The molecule has 1 amide bonds. The van der Waals surface area contributed by atoms with Gasteiger partial charge in [-0.05, 0) is 37.4 Å². The quantitative estimate of drug-likeness (QED) is 0.742. The van der Waals surface area contributed by atoms with Crippen LogP contribution in [0, 0.1) is 6.92 Å². The van der Waals surface area contributed by atoms with Gasteiger partial charge in [-0.3, -0.25) is 4.79 Å². The van der Waals surface area contributed by atoms with Crippen molar-refractivity contribution in [2.45, 2.75) is 33.6 Å². The van der Waals surface area contributed by atoms with Gasteiger partial charge in [-0.15, -0.1) is 0 Å². The highest BCUT2D eigenvalue weighted by Gasteiger charge is 2.07. The minimum Gasteiger partial charge on any atom is -0.324 e. The van der Waals surface area contributed by atoms with Gasteiger partial charge in [0.2, 0.25) is 5.91 Å². The highest BCUT2D eigenvalue weighted by atomic mass is 16.1. The summed E-state index contributed by atoms with van der Waals surface area (Å²) < 4.78 is 0. The summed E-state index contributed by atoms with van der Waals surface area (Å²) in [5, 5.41) is 6.09. The van der Waals surface area contributed by atoms with Crippen molar-refractivity contribution in [2.75, 3.05) is 18.4 Å². The zero-order valence-corrected chi connectivity index (χ0v) is 11.0. The molecule has 0 unspecified atom stereocenters. The van der Waals surface area contributed by atoms with Crippen LogP contribution in [0.4, 0.5) is 5.69 Å². The van der Waals surface area contributed by atoms with E-state index in [4.69, 9.17) is 0 Å². The van der Waals surface area contributed by atoms with E-state index in [-0.39, 0.29) is 5.91 Å². The molecule has 1 aromatic carbocycles. The summed E-state index contributed by atoms with van der Waals surface area (Å²) in [4.78, 5) is 11.7. The molecule has 0 atom stereocenters. The summed E-state index contributed by atoms with van der Waals surface area (Å²) in [6, 6.07) is 6.11. The number of aryl methyl sites for hydroxylation is 2. The normalized spacial score (nSPS) is 10.3. The predicted molar refractivity (Wildman–Crippen MR) is 72.3 cm³/mol. The summed E-state index contributed by atoms with van der Waals surface area (Å²) in [5.74, 6) is 0.0300. The minimum absolute atomic E-state index is 0.0300. The lowest BCUT2D eigenvalue weighted by atomic mass is 10.1. The Hall–Kier alpha value is -1.35. The maximum absolute atomic E-state index is 11.7. The van der Waals surface area contributed by atoms with E-state index in [9.17, 15) is 4.79 Å². The van der Waals surface area contributed by atoms with Crippen LogP contribution in [0.5, 0.6) is 0 Å². The van der Waals surface area contributed by atoms with Crippen molar-refractivity contribution in [3.8, 4) is 0 Å². The van der Waals surface area contributed by atoms with Gasteiger partial charge in [-0.1, -0.05) is 32.0 Å². The van der Waals surface area contributed by atoms with E-state index in [1.807, 2.05) is 19.1 Å².